The Kier molecular flexibility index (Phi) is 3.70. The Balaban J connectivity index is 1.65. The lowest BCUT2D eigenvalue weighted by molar-refractivity contribution is 0.102. The zero-order valence-corrected chi connectivity index (χ0v) is 14.0. The van der Waals surface area contributed by atoms with Gasteiger partial charge in [-0.3, -0.25) is 14.9 Å². The number of thiazole rings is 1. The van der Waals surface area contributed by atoms with Crippen molar-refractivity contribution in [2.24, 2.45) is 0 Å². The first-order valence-electron chi connectivity index (χ1n) is 7.56. The van der Waals surface area contributed by atoms with Crippen molar-refractivity contribution < 1.29 is 9.21 Å². The topological polar surface area (TPSA) is 88.0 Å². The van der Waals surface area contributed by atoms with Crippen LogP contribution in [0, 0.1) is 6.92 Å². The summed E-state index contributed by atoms with van der Waals surface area (Å²) in [5.41, 5.74) is 1.26. The lowest BCUT2D eigenvalue weighted by atomic mass is 10.1. The van der Waals surface area contributed by atoms with Crippen LogP contribution < -0.4 is 10.9 Å². The lowest BCUT2D eigenvalue weighted by Crippen LogP contribution is -2.16. The van der Waals surface area contributed by atoms with E-state index in [4.69, 9.17) is 4.42 Å². The summed E-state index contributed by atoms with van der Waals surface area (Å²) in [7, 11) is 0. The maximum atomic E-state index is 12.6. The molecule has 0 saturated heterocycles. The van der Waals surface area contributed by atoms with Gasteiger partial charge in [-0.25, -0.2) is 4.98 Å². The fourth-order valence-electron chi connectivity index (χ4n) is 2.57. The Hall–Kier alpha value is -3.19. The molecule has 0 fully saturated rings. The zero-order chi connectivity index (χ0) is 17.4. The van der Waals surface area contributed by atoms with Crippen LogP contribution in [0.1, 0.15) is 16.1 Å². The second-order valence-corrected chi connectivity index (χ2v) is 6.35. The quantitative estimate of drug-likeness (QED) is 0.587. The molecule has 0 spiro atoms. The summed E-state index contributed by atoms with van der Waals surface area (Å²) >= 11 is 1.30. The summed E-state index contributed by atoms with van der Waals surface area (Å²) in [6, 6.07) is 12.2. The van der Waals surface area contributed by atoms with Gasteiger partial charge in [0.15, 0.2) is 10.9 Å². The number of amides is 1. The summed E-state index contributed by atoms with van der Waals surface area (Å²) < 4.78 is 5.53. The van der Waals surface area contributed by atoms with Crippen LogP contribution in [-0.2, 0) is 0 Å². The number of aromatic nitrogens is 2. The van der Waals surface area contributed by atoms with Crippen molar-refractivity contribution in [3.8, 4) is 11.5 Å². The van der Waals surface area contributed by atoms with Crippen molar-refractivity contribution in [3.63, 3.8) is 0 Å². The molecular weight excluding hydrogens is 338 g/mol. The molecule has 0 aliphatic heterocycles. The molecule has 0 bridgehead atoms. The average molecular weight is 351 g/mol. The molecule has 0 saturated carbocycles. The third kappa shape index (κ3) is 2.97. The second-order valence-electron chi connectivity index (χ2n) is 5.50. The minimum atomic E-state index is -0.376. The van der Waals surface area contributed by atoms with Crippen LogP contribution in [-0.4, -0.2) is 15.9 Å². The first-order chi connectivity index (χ1) is 12.1. The van der Waals surface area contributed by atoms with Gasteiger partial charge in [-0.15, -0.1) is 11.3 Å². The number of carbonyl (C=O) groups excluding carboxylic acids is 1. The highest BCUT2D eigenvalue weighted by Crippen LogP contribution is 2.27. The van der Waals surface area contributed by atoms with Gasteiger partial charge in [0.1, 0.15) is 11.5 Å². The Bertz CT molecular complexity index is 1140. The summed E-state index contributed by atoms with van der Waals surface area (Å²) in [4.78, 5) is 31.5. The molecule has 0 aliphatic rings. The number of fused-ring (bicyclic) bond motifs is 1. The summed E-state index contributed by atoms with van der Waals surface area (Å²) in [5.74, 6) is 1.07. The number of carbonyl (C=O) groups is 1. The highest BCUT2D eigenvalue weighted by atomic mass is 32.1. The van der Waals surface area contributed by atoms with E-state index < -0.39 is 0 Å². The predicted octanol–water partition coefficient (Wildman–Crippen LogP) is 3.81. The van der Waals surface area contributed by atoms with E-state index in [0.29, 0.717) is 33.1 Å². The molecule has 0 aliphatic carbocycles. The number of benzene rings is 1. The maximum Gasteiger partial charge on any atom is 0.258 e. The number of anilines is 1. The number of nitrogens with one attached hydrogen (secondary N) is 2. The molecule has 0 atom stereocenters. The van der Waals surface area contributed by atoms with Crippen LogP contribution in [0.3, 0.4) is 0 Å². The summed E-state index contributed by atoms with van der Waals surface area (Å²) in [6.45, 7) is 1.86. The van der Waals surface area contributed by atoms with Gasteiger partial charge in [-0.05, 0) is 25.1 Å². The molecule has 1 aromatic carbocycles. The van der Waals surface area contributed by atoms with Gasteiger partial charge >= 0.3 is 0 Å². The molecule has 4 rings (SSSR count). The van der Waals surface area contributed by atoms with Crippen LogP contribution in [0.25, 0.3) is 22.4 Å². The van der Waals surface area contributed by atoms with E-state index in [2.05, 4.69) is 15.3 Å². The molecule has 6 nitrogen and oxygen atoms in total. The Labute approximate surface area is 146 Å². The number of H-pyrrole nitrogens is 1. The summed E-state index contributed by atoms with van der Waals surface area (Å²) in [5, 5.41) is 5.68. The molecule has 25 heavy (non-hydrogen) atoms. The fraction of sp³-hybridized carbons (Fsp3) is 0.0556. The molecule has 0 unspecified atom stereocenters. The second kappa shape index (κ2) is 6.03. The number of pyridine rings is 1. The Morgan fingerprint density at radius 3 is 2.88 bits per heavy atom. The number of hydrogen-bond donors (Lipinski definition) is 2. The molecule has 7 heteroatoms. The smallest absolute Gasteiger partial charge is 0.258 e. The molecule has 0 radical (unpaired) electrons. The first kappa shape index (κ1) is 15.3. The van der Waals surface area contributed by atoms with Crippen molar-refractivity contribution in [1.82, 2.24) is 9.97 Å². The monoisotopic (exact) mass is 351 g/mol. The van der Waals surface area contributed by atoms with Gasteiger partial charge in [0.2, 0.25) is 5.56 Å². The van der Waals surface area contributed by atoms with Crippen LogP contribution in [0.4, 0.5) is 5.13 Å². The van der Waals surface area contributed by atoms with Crippen molar-refractivity contribution in [1.29, 1.82) is 0 Å². The number of aromatic amines is 1. The first-order valence-corrected chi connectivity index (χ1v) is 8.44. The minimum Gasteiger partial charge on any atom is -0.460 e. The predicted molar refractivity (Wildman–Crippen MR) is 97.1 cm³/mol. The normalized spacial score (nSPS) is 10.9. The van der Waals surface area contributed by atoms with Gasteiger partial charge in [-0.2, -0.15) is 0 Å². The average Bonchev–Trinajstić information content (AvgIpc) is 3.23. The molecular formula is C18H13N3O3S. The minimum absolute atomic E-state index is 0.310. The largest absolute Gasteiger partial charge is 0.460 e. The highest BCUT2D eigenvalue weighted by molar-refractivity contribution is 7.14. The van der Waals surface area contributed by atoms with Crippen molar-refractivity contribution >= 4 is 33.3 Å². The molecule has 3 heterocycles. The van der Waals surface area contributed by atoms with E-state index >= 15 is 0 Å². The van der Waals surface area contributed by atoms with E-state index in [1.165, 1.54) is 17.4 Å². The SMILES string of the molecule is Cc1ccc(-c2csc(NC(=O)c3cc(=O)[nH]c4ccccc34)n2)o1. The third-order valence-corrected chi connectivity index (χ3v) is 4.47. The Morgan fingerprint density at radius 1 is 1.24 bits per heavy atom. The van der Waals surface area contributed by atoms with Crippen LogP contribution in [0.2, 0.25) is 0 Å². The third-order valence-electron chi connectivity index (χ3n) is 3.71. The lowest BCUT2D eigenvalue weighted by Gasteiger charge is -2.05. The van der Waals surface area contributed by atoms with Crippen LogP contribution in [0.15, 0.2) is 57.1 Å². The number of nitrogens with zero attached hydrogens (tertiary/aromatic N) is 1. The van der Waals surface area contributed by atoms with Crippen molar-refractivity contribution in [3.05, 3.63) is 69.5 Å². The standard InChI is InChI=1S/C18H13N3O3S/c1-10-6-7-15(24-10)14-9-25-18(20-14)21-17(23)12-8-16(22)19-13-5-3-2-4-11(12)13/h2-9H,1H3,(H,19,22)(H,20,21,23). The number of para-hydroxylation sites is 1. The number of furan rings is 1. The van der Waals surface area contributed by atoms with Crippen molar-refractivity contribution in [2.75, 3.05) is 5.32 Å². The Morgan fingerprint density at radius 2 is 2.08 bits per heavy atom. The van der Waals surface area contributed by atoms with Gasteiger partial charge in [0, 0.05) is 22.3 Å². The van der Waals surface area contributed by atoms with E-state index in [1.54, 1.807) is 18.2 Å². The molecule has 4 aromatic rings. The molecule has 3 aromatic heterocycles. The van der Waals surface area contributed by atoms with Crippen LogP contribution >= 0.6 is 11.3 Å². The number of aryl methyl sites for hydroxylation is 1. The van der Waals surface area contributed by atoms with E-state index in [1.807, 2.05) is 30.5 Å². The zero-order valence-electron chi connectivity index (χ0n) is 13.2. The van der Waals surface area contributed by atoms with E-state index in [0.717, 1.165) is 5.76 Å². The van der Waals surface area contributed by atoms with Gasteiger partial charge < -0.3 is 9.40 Å². The van der Waals surface area contributed by atoms with E-state index in [9.17, 15) is 9.59 Å². The fourth-order valence-corrected chi connectivity index (χ4v) is 3.27. The summed E-state index contributed by atoms with van der Waals surface area (Å²) in [6.07, 6.45) is 0. The highest BCUT2D eigenvalue weighted by Gasteiger charge is 2.15. The molecule has 1 amide bonds. The van der Waals surface area contributed by atoms with Gasteiger partial charge in [0.05, 0.1) is 5.56 Å². The van der Waals surface area contributed by atoms with Crippen molar-refractivity contribution in [2.45, 2.75) is 6.92 Å². The maximum absolute atomic E-state index is 12.6. The number of rotatable bonds is 3. The molecule has 2 N–H and O–H groups in total. The number of hydrogen-bond acceptors (Lipinski definition) is 5. The van der Waals surface area contributed by atoms with E-state index in [-0.39, 0.29) is 11.5 Å². The van der Waals surface area contributed by atoms with Gasteiger partial charge in [0.25, 0.3) is 5.91 Å². The van der Waals surface area contributed by atoms with Crippen LogP contribution in [0.5, 0.6) is 0 Å². The molecule has 124 valence electrons. The van der Waals surface area contributed by atoms with Gasteiger partial charge in [-0.1, -0.05) is 18.2 Å².